The Balaban J connectivity index is 1.58. The van der Waals surface area contributed by atoms with Crippen LogP contribution in [0.4, 0.5) is 27.5 Å². The van der Waals surface area contributed by atoms with E-state index in [0.717, 1.165) is 25.7 Å². The van der Waals surface area contributed by atoms with Gasteiger partial charge in [-0.05, 0) is 61.3 Å². The lowest BCUT2D eigenvalue weighted by Crippen LogP contribution is -2.51. The van der Waals surface area contributed by atoms with Crippen LogP contribution < -0.4 is 43.0 Å². The molecular formula is C32H47N7O6. The third kappa shape index (κ3) is 9.34. The first-order chi connectivity index (χ1) is 21.2. The van der Waals surface area contributed by atoms with Crippen molar-refractivity contribution in [3.63, 3.8) is 0 Å². The highest BCUT2D eigenvalue weighted by Crippen LogP contribution is 2.37. The minimum atomic E-state index is -0.865. The van der Waals surface area contributed by atoms with Crippen molar-refractivity contribution >= 4 is 40.7 Å². The summed E-state index contributed by atoms with van der Waals surface area (Å²) in [5, 5.41) is 16.1. The first kappa shape index (κ1) is 34.7. The van der Waals surface area contributed by atoms with Gasteiger partial charge in [0.25, 0.3) is 0 Å². The van der Waals surface area contributed by atoms with Crippen LogP contribution in [0.1, 0.15) is 67.2 Å². The molecule has 2 unspecified atom stereocenters. The van der Waals surface area contributed by atoms with E-state index in [1.165, 1.54) is 25.3 Å². The van der Waals surface area contributed by atoms with Crippen molar-refractivity contribution in [2.75, 3.05) is 55.5 Å². The van der Waals surface area contributed by atoms with Crippen molar-refractivity contribution < 1.29 is 29.0 Å². The Labute approximate surface area is 264 Å². The first-order valence-electron chi connectivity index (χ1n) is 15.0. The third-order valence-electron chi connectivity index (χ3n) is 7.99. The van der Waals surface area contributed by atoms with Crippen LogP contribution in [0.15, 0.2) is 36.4 Å². The van der Waals surface area contributed by atoms with Gasteiger partial charge in [0.15, 0.2) is 0 Å². The number of nitrogens with one attached hydrogen (secondary N) is 2. The zero-order valence-corrected chi connectivity index (χ0v) is 26.5. The fraction of sp³-hybridized carbons (Fsp3) is 0.469. The number of carbonyl (C=O) groups is 3. The molecule has 1 fully saturated rings. The summed E-state index contributed by atoms with van der Waals surface area (Å²) < 4.78 is 11.4. The molecule has 0 aromatic heterocycles. The number of hydrogen-bond donors (Lipinski definition) is 7. The Morgan fingerprint density at radius 1 is 0.956 bits per heavy atom. The maximum Gasteiger partial charge on any atom is 0.407 e. The van der Waals surface area contributed by atoms with Crippen molar-refractivity contribution in [2.24, 2.45) is 22.8 Å². The quantitative estimate of drug-likeness (QED) is 0.0904. The summed E-state index contributed by atoms with van der Waals surface area (Å²) >= 11 is 0. The van der Waals surface area contributed by atoms with Crippen molar-refractivity contribution in [1.29, 1.82) is 0 Å². The van der Waals surface area contributed by atoms with Crippen LogP contribution in [-0.4, -0.2) is 67.3 Å². The molecule has 3 amide bonds. The molecule has 13 nitrogen and oxygen atoms in total. The molecule has 1 aliphatic rings. The van der Waals surface area contributed by atoms with Gasteiger partial charge in [-0.25, -0.2) is 4.79 Å². The van der Waals surface area contributed by atoms with Gasteiger partial charge in [0.2, 0.25) is 11.8 Å². The van der Waals surface area contributed by atoms with E-state index < -0.39 is 17.9 Å². The Bertz CT molecular complexity index is 1410. The molecule has 1 aliphatic heterocycles. The topological polar surface area (TPSA) is 221 Å². The number of ether oxygens (including phenoxy) is 2. The number of primary amides is 2. The number of piperidine rings is 1. The Kier molecular flexibility index (Phi) is 11.8. The van der Waals surface area contributed by atoms with Gasteiger partial charge in [-0.1, -0.05) is 32.9 Å². The molecule has 45 heavy (non-hydrogen) atoms. The number of likely N-dealkylation sites (tertiary alicyclic amines) is 1. The van der Waals surface area contributed by atoms with E-state index in [4.69, 9.17) is 32.4 Å². The van der Waals surface area contributed by atoms with Crippen LogP contribution in [-0.2, 0) is 0 Å². The van der Waals surface area contributed by atoms with Gasteiger partial charge in [0, 0.05) is 36.8 Å². The molecule has 0 radical (unpaired) electrons. The van der Waals surface area contributed by atoms with E-state index in [-0.39, 0.29) is 22.6 Å². The molecule has 2 atom stereocenters. The summed E-state index contributed by atoms with van der Waals surface area (Å²) in [6, 6.07) is 6.07. The number of nitrogens with two attached hydrogens (primary N) is 4. The average Bonchev–Trinajstić information content (AvgIpc) is 2.97. The summed E-state index contributed by atoms with van der Waals surface area (Å²) in [6.07, 6.45) is 6.17. The van der Waals surface area contributed by atoms with Crippen LogP contribution in [0.25, 0.3) is 0 Å². The highest BCUT2D eigenvalue weighted by atomic mass is 16.5. The predicted molar refractivity (Wildman–Crippen MR) is 177 cm³/mol. The monoisotopic (exact) mass is 625 g/mol. The van der Waals surface area contributed by atoms with Crippen LogP contribution in [0.2, 0.25) is 0 Å². The number of rotatable bonds is 14. The lowest BCUT2D eigenvalue weighted by molar-refractivity contribution is 0.0379. The highest BCUT2D eigenvalue weighted by molar-refractivity contribution is 5.97. The highest BCUT2D eigenvalue weighted by Gasteiger charge is 2.38. The van der Waals surface area contributed by atoms with Gasteiger partial charge < -0.3 is 53.0 Å². The fourth-order valence-electron chi connectivity index (χ4n) is 5.61. The standard InChI is InChI=1S/C32H47N7O6/c1-32(2,3)26-14-19(9-12-39(26)31(42)43)8-7-13-45-25-18-21(30(36)41)16-23(34)28(25)38-11-6-5-10-37-27-22(33)15-20(29(35)40)17-24(27)44-4/h5-6,15-19,26,37-38H,7-14,33-34H2,1-4H3,(H2,35,40)(H2,36,41)(H,42,43). The fourth-order valence-corrected chi connectivity index (χ4v) is 5.61. The second kappa shape index (κ2) is 15.3. The molecule has 2 aromatic rings. The molecule has 0 aliphatic carbocycles. The molecule has 1 saturated heterocycles. The van der Waals surface area contributed by atoms with E-state index >= 15 is 0 Å². The molecule has 2 aromatic carbocycles. The summed E-state index contributed by atoms with van der Waals surface area (Å²) in [5.74, 6) is 0.00978. The molecule has 13 heteroatoms. The van der Waals surface area contributed by atoms with Crippen molar-refractivity contribution in [2.45, 2.75) is 52.5 Å². The number of methoxy groups -OCH3 is 1. The van der Waals surface area contributed by atoms with E-state index in [0.29, 0.717) is 66.4 Å². The van der Waals surface area contributed by atoms with E-state index in [9.17, 15) is 19.5 Å². The second-order valence-corrected chi connectivity index (χ2v) is 12.3. The summed E-state index contributed by atoms with van der Waals surface area (Å²) in [5.41, 5.74) is 25.3. The van der Waals surface area contributed by atoms with Gasteiger partial charge in [-0.3, -0.25) is 9.59 Å². The summed E-state index contributed by atoms with van der Waals surface area (Å²) in [4.78, 5) is 36.7. The third-order valence-corrected chi connectivity index (χ3v) is 7.99. The van der Waals surface area contributed by atoms with Crippen LogP contribution in [0.3, 0.4) is 0 Å². The van der Waals surface area contributed by atoms with Gasteiger partial charge in [0.05, 0.1) is 25.1 Å². The van der Waals surface area contributed by atoms with Gasteiger partial charge in [-0.15, -0.1) is 0 Å². The number of nitrogens with zero attached hydrogens (tertiary/aromatic N) is 1. The molecule has 0 spiro atoms. The Hall–Kier alpha value is -4.81. The Morgan fingerprint density at radius 3 is 1.98 bits per heavy atom. The number of amides is 3. The lowest BCUT2D eigenvalue weighted by atomic mass is 9.76. The molecule has 3 rings (SSSR count). The van der Waals surface area contributed by atoms with Crippen LogP contribution in [0, 0.1) is 11.3 Å². The second-order valence-electron chi connectivity index (χ2n) is 12.3. The van der Waals surface area contributed by atoms with Gasteiger partial charge in [0.1, 0.15) is 22.9 Å². The maximum absolute atomic E-state index is 11.9. The van der Waals surface area contributed by atoms with Crippen LogP contribution in [0.5, 0.6) is 11.5 Å². The van der Waals surface area contributed by atoms with E-state index in [2.05, 4.69) is 31.4 Å². The minimum absolute atomic E-state index is 0.0393. The predicted octanol–water partition coefficient (Wildman–Crippen LogP) is 4.10. The number of benzene rings is 2. The van der Waals surface area contributed by atoms with Crippen molar-refractivity contribution in [1.82, 2.24) is 4.90 Å². The number of hydrogen-bond acceptors (Lipinski definition) is 9. The van der Waals surface area contributed by atoms with Crippen LogP contribution >= 0.6 is 0 Å². The smallest absolute Gasteiger partial charge is 0.407 e. The zero-order chi connectivity index (χ0) is 33.3. The summed E-state index contributed by atoms with van der Waals surface area (Å²) in [7, 11) is 1.48. The van der Waals surface area contributed by atoms with Crippen molar-refractivity contribution in [3.8, 4) is 11.5 Å². The van der Waals surface area contributed by atoms with Crippen molar-refractivity contribution in [3.05, 3.63) is 47.5 Å². The molecule has 0 bridgehead atoms. The minimum Gasteiger partial charge on any atom is -0.494 e. The zero-order valence-electron chi connectivity index (χ0n) is 26.5. The molecule has 0 saturated carbocycles. The van der Waals surface area contributed by atoms with E-state index in [1.54, 1.807) is 11.0 Å². The van der Waals surface area contributed by atoms with Gasteiger partial charge >= 0.3 is 6.09 Å². The van der Waals surface area contributed by atoms with E-state index in [1.807, 2.05) is 12.2 Å². The number of anilines is 4. The SMILES string of the molecule is COc1cc(C(N)=O)cc(N)c1NCC=CCNc1c(N)cc(C(N)=O)cc1OCCCC1CCN(C(=O)O)C(C(C)(C)C)C1. The number of carboxylic acid groups (broad SMARTS) is 1. The molecule has 11 N–H and O–H groups in total. The number of nitrogen functional groups attached to an aromatic ring is 2. The normalized spacial score (nSPS) is 16.8. The molecule has 246 valence electrons. The molecular weight excluding hydrogens is 578 g/mol. The maximum atomic E-state index is 11.9. The largest absolute Gasteiger partial charge is 0.494 e. The molecule has 1 heterocycles. The number of carbonyl (C=O) groups excluding carboxylic acids is 2. The first-order valence-corrected chi connectivity index (χ1v) is 15.0. The summed E-state index contributed by atoms with van der Waals surface area (Å²) in [6.45, 7) is 7.98. The lowest BCUT2D eigenvalue weighted by Gasteiger charge is -2.44. The Morgan fingerprint density at radius 2 is 1.49 bits per heavy atom. The van der Waals surface area contributed by atoms with Gasteiger partial charge in [-0.2, -0.15) is 0 Å². The average molecular weight is 626 g/mol.